The SMILES string of the molecule is CCOC1CCN(S(=O)(=O)c2ccc(CN)o2)CC1. The molecule has 0 radical (unpaired) electrons. The summed E-state index contributed by atoms with van der Waals surface area (Å²) in [6, 6.07) is 3.06. The summed E-state index contributed by atoms with van der Waals surface area (Å²) in [5.41, 5.74) is 5.42. The lowest BCUT2D eigenvalue weighted by Crippen LogP contribution is -2.40. The molecule has 0 aromatic carbocycles. The number of hydrogen-bond acceptors (Lipinski definition) is 5. The van der Waals surface area contributed by atoms with Crippen molar-refractivity contribution < 1.29 is 17.6 Å². The third-order valence-electron chi connectivity index (χ3n) is 3.24. The van der Waals surface area contributed by atoms with Crippen molar-refractivity contribution in [2.75, 3.05) is 19.7 Å². The van der Waals surface area contributed by atoms with Gasteiger partial charge >= 0.3 is 0 Å². The number of furan rings is 1. The summed E-state index contributed by atoms with van der Waals surface area (Å²) in [7, 11) is -3.53. The summed E-state index contributed by atoms with van der Waals surface area (Å²) < 4.78 is 36.9. The summed E-state index contributed by atoms with van der Waals surface area (Å²) in [6.07, 6.45) is 1.60. The third-order valence-corrected chi connectivity index (χ3v) is 5.01. The van der Waals surface area contributed by atoms with Crippen molar-refractivity contribution in [2.45, 2.75) is 37.5 Å². The van der Waals surface area contributed by atoms with Crippen LogP contribution in [-0.4, -0.2) is 38.5 Å². The fourth-order valence-corrected chi connectivity index (χ4v) is 3.61. The molecule has 2 N–H and O–H groups in total. The molecule has 2 heterocycles. The molecular weight excluding hydrogens is 268 g/mol. The highest BCUT2D eigenvalue weighted by Crippen LogP contribution is 2.23. The predicted octanol–water partition coefficient (Wildman–Crippen LogP) is 0.928. The minimum atomic E-state index is -3.53. The number of hydrogen-bond donors (Lipinski definition) is 1. The fourth-order valence-electron chi connectivity index (χ4n) is 2.21. The van der Waals surface area contributed by atoms with E-state index in [0.29, 0.717) is 25.5 Å². The molecule has 0 amide bonds. The van der Waals surface area contributed by atoms with Crippen molar-refractivity contribution in [3.05, 3.63) is 17.9 Å². The second kappa shape index (κ2) is 6.04. The molecule has 0 unspecified atom stereocenters. The average molecular weight is 288 g/mol. The van der Waals surface area contributed by atoms with E-state index >= 15 is 0 Å². The van der Waals surface area contributed by atoms with E-state index in [9.17, 15) is 8.42 Å². The first kappa shape index (κ1) is 14.5. The smallest absolute Gasteiger partial charge is 0.276 e. The van der Waals surface area contributed by atoms with Gasteiger partial charge in [0.05, 0.1) is 12.6 Å². The summed E-state index contributed by atoms with van der Waals surface area (Å²) in [5, 5.41) is -0.0252. The van der Waals surface area contributed by atoms with Crippen molar-refractivity contribution in [3.8, 4) is 0 Å². The highest BCUT2D eigenvalue weighted by Gasteiger charge is 2.31. The first-order valence-electron chi connectivity index (χ1n) is 6.48. The second-order valence-electron chi connectivity index (χ2n) is 4.48. The van der Waals surface area contributed by atoms with Gasteiger partial charge in [-0.1, -0.05) is 0 Å². The molecule has 19 heavy (non-hydrogen) atoms. The predicted molar refractivity (Wildman–Crippen MR) is 70.0 cm³/mol. The average Bonchev–Trinajstić information content (AvgIpc) is 2.89. The molecule has 1 fully saturated rings. The molecule has 1 aromatic heterocycles. The molecule has 0 saturated carbocycles. The maximum Gasteiger partial charge on any atom is 0.276 e. The van der Waals surface area contributed by atoms with E-state index < -0.39 is 10.0 Å². The highest BCUT2D eigenvalue weighted by atomic mass is 32.2. The number of nitrogens with zero attached hydrogens (tertiary/aromatic N) is 1. The quantitative estimate of drug-likeness (QED) is 0.871. The Labute approximate surface area is 113 Å². The minimum absolute atomic E-state index is 0.0252. The van der Waals surface area contributed by atoms with Crippen LogP contribution in [0, 0.1) is 0 Å². The Hall–Kier alpha value is -0.890. The number of piperidine rings is 1. The van der Waals surface area contributed by atoms with E-state index in [0.717, 1.165) is 12.8 Å². The zero-order chi connectivity index (χ0) is 13.9. The standard InChI is InChI=1S/C12H20N2O4S/c1-2-17-10-5-7-14(8-6-10)19(15,16)12-4-3-11(9-13)18-12/h3-4,10H,2,5-9,13H2,1H3. The molecule has 6 nitrogen and oxygen atoms in total. The summed E-state index contributed by atoms with van der Waals surface area (Å²) >= 11 is 0. The molecule has 1 aliphatic rings. The first-order chi connectivity index (χ1) is 9.07. The van der Waals surface area contributed by atoms with Crippen molar-refractivity contribution in [1.82, 2.24) is 4.31 Å². The molecule has 0 aliphatic carbocycles. The molecule has 1 aromatic rings. The summed E-state index contributed by atoms with van der Waals surface area (Å²) in [6.45, 7) is 3.73. The van der Waals surface area contributed by atoms with Gasteiger partial charge in [-0.3, -0.25) is 0 Å². The molecule has 1 aliphatic heterocycles. The van der Waals surface area contributed by atoms with Crippen LogP contribution in [0.4, 0.5) is 0 Å². The van der Waals surface area contributed by atoms with E-state index in [1.54, 1.807) is 6.07 Å². The van der Waals surface area contributed by atoms with Gasteiger partial charge in [0.15, 0.2) is 0 Å². The van der Waals surface area contributed by atoms with Crippen LogP contribution in [0.2, 0.25) is 0 Å². The Morgan fingerprint density at radius 1 is 1.42 bits per heavy atom. The maximum absolute atomic E-state index is 12.3. The molecule has 7 heteroatoms. The van der Waals surface area contributed by atoms with Crippen LogP contribution in [0.5, 0.6) is 0 Å². The van der Waals surface area contributed by atoms with Crippen LogP contribution >= 0.6 is 0 Å². The zero-order valence-corrected chi connectivity index (χ0v) is 11.9. The van der Waals surface area contributed by atoms with Gasteiger partial charge in [-0.2, -0.15) is 4.31 Å². The lowest BCUT2D eigenvalue weighted by Gasteiger charge is -2.30. The lowest BCUT2D eigenvalue weighted by molar-refractivity contribution is 0.0288. The summed E-state index contributed by atoms with van der Waals surface area (Å²) in [4.78, 5) is 0. The monoisotopic (exact) mass is 288 g/mol. The van der Waals surface area contributed by atoms with Crippen molar-refractivity contribution in [3.63, 3.8) is 0 Å². The maximum atomic E-state index is 12.3. The number of sulfonamides is 1. The van der Waals surface area contributed by atoms with E-state index in [1.165, 1.54) is 10.4 Å². The van der Waals surface area contributed by atoms with Gasteiger partial charge in [0, 0.05) is 19.7 Å². The molecule has 2 rings (SSSR count). The molecule has 108 valence electrons. The van der Waals surface area contributed by atoms with Crippen LogP contribution in [0.15, 0.2) is 21.6 Å². The van der Waals surface area contributed by atoms with E-state index in [-0.39, 0.29) is 17.7 Å². The van der Waals surface area contributed by atoms with Crippen LogP contribution in [-0.2, 0) is 21.3 Å². The van der Waals surface area contributed by atoms with Gasteiger partial charge in [-0.15, -0.1) is 0 Å². The van der Waals surface area contributed by atoms with Gasteiger partial charge < -0.3 is 14.9 Å². The van der Waals surface area contributed by atoms with E-state index in [4.69, 9.17) is 14.9 Å². The lowest BCUT2D eigenvalue weighted by atomic mass is 10.1. The normalized spacial score (nSPS) is 18.8. The van der Waals surface area contributed by atoms with Gasteiger partial charge in [0.1, 0.15) is 5.76 Å². The Kier molecular flexibility index (Phi) is 4.62. The molecule has 0 atom stereocenters. The van der Waals surface area contributed by atoms with Crippen LogP contribution in [0.25, 0.3) is 0 Å². The summed E-state index contributed by atoms with van der Waals surface area (Å²) in [5.74, 6) is 0.475. The number of rotatable bonds is 5. The van der Waals surface area contributed by atoms with Gasteiger partial charge in [-0.25, -0.2) is 8.42 Å². The van der Waals surface area contributed by atoms with Crippen molar-refractivity contribution >= 4 is 10.0 Å². The molecule has 0 bridgehead atoms. The molecule has 1 saturated heterocycles. The second-order valence-corrected chi connectivity index (χ2v) is 6.35. The van der Waals surface area contributed by atoms with Gasteiger partial charge in [0.2, 0.25) is 5.09 Å². The third kappa shape index (κ3) is 3.17. The van der Waals surface area contributed by atoms with Crippen molar-refractivity contribution in [2.24, 2.45) is 5.73 Å². The Morgan fingerprint density at radius 2 is 2.11 bits per heavy atom. The van der Waals surface area contributed by atoms with Gasteiger partial charge in [-0.05, 0) is 31.9 Å². The van der Waals surface area contributed by atoms with Crippen LogP contribution < -0.4 is 5.73 Å². The van der Waals surface area contributed by atoms with Gasteiger partial charge in [0.25, 0.3) is 10.0 Å². The first-order valence-corrected chi connectivity index (χ1v) is 7.92. The fraction of sp³-hybridized carbons (Fsp3) is 0.667. The minimum Gasteiger partial charge on any atom is -0.447 e. The van der Waals surface area contributed by atoms with Crippen LogP contribution in [0.3, 0.4) is 0 Å². The van der Waals surface area contributed by atoms with Crippen LogP contribution in [0.1, 0.15) is 25.5 Å². The van der Waals surface area contributed by atoms with Crippen molar-refractivity contribution in [1.29, 1.82) is 0 Å². The van der Waals surface area contributed by atoms with E-state index in [2.05, 4.69) is 0 Å². The Bertz CT molecular complexity index is 504. The number of ether oxygens (including phenoxy) is 1. The zero-order valence-electron chi connectivity index (χ0n) is 11.0. The Morgan fingerprint density at radius 3 is 2.63 bits per heavy atom. The Balaban J connectivity index is 2.05. The highest BCUT2D eigenvalue weighted by molar-refractivity contribution is 7.89. The number of nitrogens with two attached hydrogens (primary N) is 1. The molecular formula is C12H20N2O4S. The largest absolute Gasteiger partial charge is 0.447 e. The topological polar surface area (TPSA) is 85.8 Å². The van der Waals surface area contributed by atoms with E-state index in [1.807, 2.05) is 6.92 Å². The molecule has 0 spiro atoms.